The molecule has 140 valence electrons. The topological polar surface area (TPSA) is 71.2 Å². The van der Waals surface area contributed by atoms with Gasteiger partial charge in [0.15, 0.2) is 6.61 Å². The number of rotatable bonds is 7. The summed E-state index contributed by atoms with van der Waals surface area (Å²) in [5.41, 5.74) is 3.09. The average molecular weight is 429 g/mol. The Labute approximate surface area is 166 Å². The van der Waals surface area contributed by atoms with E-state index in [0.717, 1.165) is 26.5 Å². The largest absolute Gasteiger partial charge is 0.456 e. The molecule has 1 aromatic heterocycles. The molecule has 3 rings (SSSR count). The summed E-state index contributed by atoms with van der Waals surface area (Å²) in [6, 6.07) is 15.5. The van der Waals surface area contributed by atoms with Gasteiger partial charge in [-0.1, -0.05) is 46.3 Å². The van der Waals surface area contributed by atoms with Crippen molar-refractivity contribution in [2.75, 3.05) is 6.61 Å². The van der Waals surface area contributed by atoms with Crippen molar-refractivity contribution in [1.82, 2.24) is 10.3 Å². The van der Waals surface area contributed by atoms with Crippen LogP contribution in [0, 0.1) is 0 Å². The zero-order valence-corrected chi connectivity index (χ0v) is 16.6. The lowest BCUT2D eigenvalue weighted by molar-refractivity contribution is -0.148. The Morgan fingerprint density at radius 1 is 1.15 bits per heavy atom. The van der Waals surface area contributed by atoms with E-state index in [1.54, 1.807) is 0 Å². The lowest BCUT2D eigenvalue weighted by Crippen LogP contribution is -2.31. The number of carbonyl (C=O) groups excluding carboxylic acids is 2. The summed E-state index contributed by atoms with van der Waals surface area (Å²) in [5.74, 6) is -0.697. The molecule has 0 aliphatic carbocycles. The van der Waals surface area contributed by atoms with Gasteiger partial charge < -0.3 is 15.0 Å². The number of para-hydroxylation sites is 1. The van der Waals surface area contributed by atoms with Gasteiger partial charge in [0.2, 0.25) is 0 Å². The van der Waals surface area contributed by atoms with Crippen LogP contribution in [0.5, 0.6) is 0 Å². The van der Waals surface area contributed by atoms with Crippen LogP contribution in [0.2, 0.25) is 0 Å². The van der Waals surface area contributed by atoms with Crippen molar-refractivity contribution in [3.63, 3.8) is 0 Å². The number of ether oxygens (including phenoxy) is 1. The minimum absolute atomic E-state index is 0.157. The van der Waals surface area contributed by atoms with Crippen LogP contribution in [0.4, 0.5) is 0 Å². The minimum atomic E-state index is -0.383. The van der Waals surface area contributed by atoms with Crippen LogP contribution in [0.3, 0.4) is 0 Å². The normalized spacial score (nSPS) is 11.9. The molecule has 3 aromatic rings. The maximum atomic E-state index is 12.0. The van der Waals surface area contributed by atoms with Crippen molar-refractivity contribution in [2.24, 2.45) is 0 Å². The van der Waals surface area contributed by atoms with Gasteiger partial charge in [0.05, 0.1) is 6.04 Å². The Bertz CT molecular complexity index is 934. The lowest BCUT2D eigenvalue weighted by Gasteiger charge is -2.14. The van der Waals surface area contributed by atoms with Gasteiger partial charge in [-0.25, -0.2) is 0 Å². The van der Waals surface area contributed by atoms with Gasteiger partial charge in [-0.05, 0) is 42.7 Å². The monoisotopic (exact) mass is 428 g/mol. The van der Waals surface area contributed by atoms with Gasteiger partial charge in [-0.15, -0.1) is 0 Å². The number of aromatic amines is 1. The quantitative estimate of drug-likeness (QED) is 0.551. The number of amides is 1. The number of carbonyl (C=O) groups is 2. The fraction of sp³-hybridized carbons (Fsp3) is 0.238. The second-order valence-electron chi connectivity index (χ2n) is 6.36. The van der Waals surface area contributed by atoms with E-state index in [1.807, 2.05) is 61.7 Å². The first-order valence-corrected chi connectivity index (χ1v) is 9.57. The number of nitrogens with one attached hydrogen (secondary N) is 2. The highest BCUT2D eigenvalue weighted by Gasteiger charge is 2.13. The highest BCUT2D eigenvalue weighted by molar-refractivity contribution is 9.10. The second kappa shape index (κ2) is 8.86. The molecule has 0 aliphatic rings. The number of fused-ring (bicyclic) bond motifs is 1. The van der Waals surface area contributed by atoms with Crippen LogP contribution in [0.15, 0.2) is 59.2 Å². The van der Waals surface area contributed by atoms with E-state index in [-0.39, 0.29) is 30.9 Å². The predicted molar refractivity (Wildman–Crippen MR) is 108 cm³/mol. The molecule has 0 spiro atoms. The zero-order valence-electron chi connectivity index (χ0n) is 15.0. The first-order chi connectivity index (χ1) is 13.0. The van der Waals surface area contributed by atoms with E-state index in [1.165, 1.54) is 0 Å². The van der Waals surface area contributed by atoms with Crippen LogP contribution in [0.25, 0.3) is 10.9 Å². The Morgan fingerprint density at radius 3 is 2.67 bits per heavy atom. The molecular formula is C21H21BrN2O3. The summed E-state index contributed by atoms with van der Waals surface area (Å²) in [7, 11) is 0. The van der Waals surface area contributed by atoms with Gasteiger partial charge in [0.1, 0.15) is 0 Å². The summed E-state index contributed by atoms with van der Waals surface area (Å²) >= 11 is 3.38. The van der Waals surface area contributed by atoms with E-state index in [4.69, 9.17) is 4.74 Å². The lowest BCUT2D eigenvalue weighted by atomic mass is 10.1. The highest BCUT2D eigenvalue weighted by Crippen LogP contribution is 2.19. The highest BCUT2D eigenvalue weighted by atomic mass is 79.9. The Morgan fingerprint density at radius 2 is 1.89 bits per heavy atom. The molecule has 0 radical (unpaired) electrons. The van der Waals surface area contributed by atoms with E-state index in [9.17, 15) is 9.59 Å². The number of aryl methyl sites for hydroxylation is 1. The first kappa shape index (κ1) is 19.2. The third-order valence-electron chi connectivity index (χ3n) is 4.39. The third kappa shape index (κ3) is 5.20. The molecular weight excluding hydrogens is 408 g/mol. The summed E-state index contributed by atoms with van der Waals surface area (Å²) in [6.07, 6.45) is 2.71. The molecule has 5 nitrogen and oxygen atoms in total. The van der Waals surface area contributed by atoms with Crippen molar-refractivity contribution in [3.05, 3.63) is 70.3 Å². The number of hydrogen-bond acceptors (Lipinski definition) is 3. The third-order valence-corrected chi connectivity index (χ3v) is 4.91. The van der Waals surface area contributed by atoms with Gasteiger partial charge >= 0.3 is 5.97 Å². The number of esters is 1. The molecule has 0 saturated carbocycles. The first-order valence-electron chi connectivity index (χ1n) is 8.78. The molecule has 1 unspecified atom stereocenters. The van der Waals surface area contributed by atoms with E-state index >= 15 is 0 Å². The molecule has 1 heterocycles. The van der Waals surface area contributed by atoms with Crippen LogP contribution in [-0.2, 0) is 20.7 Å². The predicted octanol–water partition coefficient (Wildman–Crippen LogP) is 4.28. The molecule has 2 aromatic carbocycles. The second-order valence-corrected chi connectivity index (χ2v) is 7.28. The SMILES string of the molecule is CC(NC(=O)COC(=O)CCc1c[nH]c2ccccc12)c1ccc(Br)cc1. The maximum Gasteiger partial charge on any atom is 0.306 e. The van der Waals surface area contributed by atoms with Crippen molar-refractivity contribution in [2.45, 2.75) is 25.8 Å². The van der Waals surface area contributed by atoms with Crippen molar-refractivity contribution >= 4 is 38.7 Å². The van der Waals surface area contributed by atoms with Crippen LogP contribution >= 0.6 is 15.9 Å². The van der Waals surface area contributed by atoms with Crippen LogP contribution < -0.4 is 5.32 Å². The fourth-order valence-electron chi connectivity index (χ4n) is 2.91. The summed E-state index contributed by atoms with van der Waals surface area (Å²) < 4.78 is 6.08. The van der Waals surface area contributed by atoms with Crippen LogP contribution in [0.1, 0.15) is 30.5 Å². The van der Waals surface area contributed by atoms with Gasteiger partial charge in [-0.2, -0.15) is 0 Å². The van der Waals surface area contributed by atoms with Crippen molar-refractivity contribution < 1.29 is 14.3 Å². The average Bonchev–Trinajstić information content (AvgIpc) is 3.08. The number of halogens is 1. The van der Waals surface area contributed by atoms with E-state index in [2.05, 4.69) is 26.2 Å². The number of H-pyrrole nitrogens is 1. The van der Waals surface area contributed by atoms with Crippen LogP contribution in [-0.4, -0.2) is 23.5 Å². The Balaban J connectivity index is 1.43. The summed E-state index contributed by atoms with van der Waals surface area (Å²) in [6.45, 7) is 1.62. The molecule has 27 heavy (non-hydrogen) atoms. The number of hydrogen-bond donors (Lipinski definition) is 2. The Kier molecular flexibility index (Phi) is 6.29. The maximum absolute atomic E-state index is 12.0. The molecule has 6 heteroatoms. The summed E-state index contributed by atoms with van der Waals surface area (Å²) in [4.78, 5) is 27.1. The van der Waals surface area contributed by atoms with Gasteiger partial charge in [0, 0.05) is 28.0 Å². The molecule has 0 aliphatic heterocycles. The molecule has 2 N–H and O–H groups in total. The Hall–Kier alpha value is -2.60. The molecule has 1 atom stereocenters. The number of benzene rings is 2. The summed E-state index contributed by atoms with van der Waals surface area (Å²) in [5, 5.41) is 3.93. The fourth-order valence-corrected chi connectivity index (χ4v) is 3.18. The van der Waals surface area contributed by atoms with Gasteiger partial charge in [-0.3, -0.25) is 9.59 Å². The van der Waals surface area contributed by atoms with E-state index < -0.39 is 0 Å². The molecule has 1 amide bonds. The smallest absolute Gasteiger partial charge is 0.306 e. The minimum Gasteiger partial charge on any atom is -0.456 e. The molecule has 0 saturated heterocycles. The van der Waals surface area contributed by atoms with Gasteiger partial charge in [0.25, 0.3) is 5.91 Å². The molecule has 0 fully saturated rings. The van der Waals surface area contributed by atoms with Crippen molar-refractivity contribution in [3.8, 4) is 0 Å². The zero-order chi connectivity index (χ0) is 19.2. The number of aromatic nitrogens is 1. The standard InChI is InChI=1S/C21H21BrN2O3/c1-14(15-6-9-17(22)10-7-15)24-20(25)13-27-21(26)11-8-16-12-23-19-5-3-2-4-18(16)19/h2-7,9-10,12,14,23H,8,11,13H2,1H3,(H,24,25). The van der Waals surface area contributed by atoms with Crippen molar-refractivity contribution in [1.29, 1.82) is 0 Å². The molecule has 0 bridgehead atoms. The van der Waals surface area contributed by atoms with E-state index in [0.29, 0.717) is 6.42 Å².